The lowest BCUT2D eigenvalue weighted by Gasteiger charge is -2.29. The van der Waals surface area contributed by atoms with Crippen molar-refractivity contribution < 1.29 is 9.66 Å². The molecule has 0 bridgehead atoms. The molecule has 2 fully saturated rings. The van der Waals surface area contributed by atoms with Gasteiger partial charge >= 0.3 is 0 Å². The molecule has 5 heteroatoms. The van der Waals surface area contributed by atoms with Crippen LogP contribution in [0.15, 0.2) is 24.3 Å². The molecule has 1 saturated carbocycles. The largest absolute Gasteiger partial charge is 0.379 e. The van der Waals surface area contributed by atoms with Crippen LogP contribution in [0.5, 0.6) is 0 Å². The molecule has 1 saturated heterocycles. The second-order valence-corrected chi connectivity index (χ2v) is 6.05. The zero-order valence-corrected chi connectivity index (χ0v) is 11.7. The Hall–Kier alpha value is -1.46. The maximum absolute atomic E-state index is 10.9. The van der Waals surface area contributed by atoms with Crippen molar-refractivity contribution >= 4 is 5.69 Å². The van der Waals surface area contributed by atoms with E-state index in [1.165, 1.54) is 12.8 Å². The standard InChI is InChI=1S/C15H20N2O3/c1-12(13-3-2-4-14(9-13)17(18)19)16-7-8-20-11-15(10-16)5-6-15/h2-4,9,12H,5-8,10-11H2,1H3. The van der Waals surface area contributed by atoms with Crippen LogP contribution >= 0.6 is 0 Å². The Labute approximate surface area is 118 Å². The minimum Gasteiger partial charge on any atom is -0.379 e. The van der Waals surface area contributed by atoms with Crippen LogP contribution in [0.1, 0.15) is 31.4 Å². The summed E-state index contributed by atoms with van der Waals surface area (Å²) in [5.74, 6) is 0. The van der Waals surface area contributed by atoms with Crippen molar-refractivity contribution in [3.8, 4) is 0 Å². The molecule has 1 unspecified atom stereocenters. The summed E-state index contributed by atoms with van der Waals surface area (Å²) >= 11 is 0. The molecule has 5 nitrogen and oxygen atoms in total. The third-order valence-corrected chi connectivity index (χ3v) is 4.54. The molecule has 1 aromatic carbocycles. The van der Waals surface area contributed by atoms with Crippen LogP contribution in [0.4, 0.5) is 5.69 Å². The molecule has 1 atom stereocenters. The third kappa shape index (κ3) is 2.69. The fourth-order valence-electron chi connectivity index (χ4n) is 2.94. The highest BCUT2D eigenvalue weighted by Gasteiger charge is 2.46. The third-order valence-electron chi connectivity index (χ3n) is 4.54. The van der Waals surface area contributed by atoms with Crippen LogP contribution in [-0.4, -0.2) is 36.1 Å². The summed E-state index contributed by atoms with van der Waals surface area (Å²) in [5, 5.41) is 10.9. The molecular weight excluding hydrogens is 256 g/mol. The van der Waals surface area contributed by atoms with Gasteiger partial charge in [-0.15, -0.1) is 0 Å². The summed E-state index contributed by atoms with van der Waals surface area (Å²) in [7, 11) is 0. The summed E-state index contributed by atoms with van der Waals surface area (Å²) in [4.78, 5) is 13.0. The van der Waals surface area contributed by atoms with Crippen molar-refractivity contribution in [2.45, 2.75) is 25.8 Å². The van der Waals surface area contributed by atoms with Gasteiger partial charge in [-0.3, -0.25) is 15.0 Å². The van der Waals surface area contributed by atoms with Gasteiger partial charge in [-0.2, -0.15) is 0 Å². The van der Waals surface area contributed by atoms with E-state index in [1.54, 1.807) is 18.2 Å². The van der Waals surface area contributed by atoms with Gasteiger partial charge in [0.2, 0.25) is 0 Å². The molecule has 0 aromatic heterocycles. The number of benzene rings is 1. The van der Waals surface area contributed by atoms with Gasteiger partial charge in [0, 0.05) is 36.7 Å². The Balaban J connectivity index is 1.78. The first-order valence-corrected chi connectivity index (χ1v) is 7.16. The van der Waals surface area contributed by atoms with E-state index in [9.17, 15) is 10.1 Å². The monoisotopic (exact) mass is 276 g/mol. The quantitative estimate of drug-likeness (QED) is 0.629. The van der Waals surface area contributed by atoms with Crippen molar-refractivity contribution in [1.29, 1.82) is 0 Å². The molecule has 0 N–H and O–H groups in total. The van der Waals surface area contributed by atoms with E-state index in [2.05, 4.69) is 11.8 Å². The molecule has 3 rings (SSSR count). The Bertz CT molecular complexity index is 514. The number of hydrogen-bond acceptors (Lipinski definition) is 4. The minimum atomic E-state index is -0.329. The molecule has 108 valence electrons. The van der Waals surface area contributed by atoms with E-state index < -0.39 is 0 Å². The van der Waals surface area contributed by atoms with Gasteiger partial charge in [-0.25, -0.2) is 0 Å². The molecule has 0 radical (unpaired) electrons. The summed E-state index contributed by atoms with van der Waals surface area (Å²) in [6.45, 7) is 5.68. The zero-order chi connectivity index (χ0) is 14.2. The SMILES string of the molecule is CC(c1cccc([N+](=O)[O-])c1)N1CCOCC2(CC2)C1. The topological polar surface area (TPSA) is 55.6 Å². The second kappa shape index (κ2) is 5.14. The van der Waals surface area contributed by atoms with Gasteiger partial charge < -0.3 is 4.74 Å². The molecule has 1 spiro atoms. The van der Waals surface area contributed by atoms with Gasteiger partial charge in [0.15, 0.2) is 0 Å². The molecule has 0 amide bonds. The second-order valence-electron chi connectivity index (χ2n) is 6.05. The van der Waals surface area contributed by atoms with E-state index in [4.69, 9.17) is 4.74 Å². The van der Waals surface area contributed by atoms with Crippen LogP contribution < -0.4 is 0 Å². The first-order valence-electron chi connectivity index (χ1n) is 7.16. The minimum absolute atomic E-state index is 0.168. The van der Waals surface area contributed by atoms with Crippen molar-refractivity contribution in [3.63, 3.8) is 0 Å². The average molecular weight is 276 g/mol. The molecule has 1 aromatic rings. The maximum atomic E-state index is 10.9. The van der Waals surface area contributed by atoms with Crippen LogP contribution in [0.2, 0.25) is 0 Å². The summed E-state index contributed by atoms with van der Waals surface area (Å²) in [6, 6.07) is 7.17. The maximum Gasteiger partial charge on any atom is 0.269 e. The lowest BCUT2D eigenvalue weighted by Crippen LogP contribution is -2.33. The van der Waals surface area contributed by atoms with Crippen LogP contribution in [0, 0.1) is 15.5 Å². The van der Waals surface area contributed by atoms with Crippen molar-refractivity contribution in [1.82, 2.24) is 4.90 Å². The number of nitro benzene ring substituents is 1. The normalized spacial score (nSPS) is 23.2. The lowest BCUT2D eigenvalue weighted by molar-refractivity contribution is -0.384. The van der Waals surface area contributed by atoms with Gasteiger partial charge in [-0.05, 0) is 25.3 Å². The average Bonchev–Trinajstić information content (AvgIpc) is 3.25. The number of hydrogen-bond donors (Lipinski definition) is 0. The van der Waals surface area contributed by atoms with Crippen LogP contribution in [-0.2, 0) is 4.74 Å². The van der Waals surface area contributed by atoms with Gasteiger partial charge in [0.1, 0.15) is 0 Å². The smallest absolute Gasteiger partial charge is 0.269 e. The van der Waals surface area contributed by atoms with Gasteiger partial charge in [-0.1, -0.05) is 12.1 Å². The Morgan fingerprint density at radius 3 is 2.95 bits per heavy atom. The Morgan fingerprint density at radius 2 is 2.25 bits per heavy atom. The number of nitro groups is 1. The highest BCUT2D eigenvalue weighted by Crippen LogP contribution is 2.48. The van der Waals surface area contributed by atoms with Crippen molar-refractivity contribution in [2.75, 3.05) is 26.3 Å². The fourth-order valence-corrected chi connectivity index (χ4v) is 2.94. The van der Waals surface area contributed by atoms with E-state index in [1.807, 2.05) is 6.07 Å². The first kappa shape index (κ1) is 13.5. The predicted molar refractivity (Wildman–Crippen MR) is 75.6 cm³/mol. The Morgan fingerprint density at radius 1 is 1.45 bits per heavy atom. The summed E-state index contributed by atoms with van der Waals surface area (Å²) < 4.78 is 5.70. The van der Waals surface area contributed by atoms with E-state index in [-0.39, 0.29) is 16.7 Å². The summed E-state index contributed by atoms with van der Waals surface area (Å²) in [5.41, 5.74) is 1.53. The fraction of sp³-hybridized carbons (Fsp3) is 0.600. The molecule has 20 heavy (non-hydrogen) atoms. The first-order chi connectivity index (χ1) is 9.60. The van der Waals surface area contributed by atoms with Crippen LogP contribution in [0.25, 0.3) is 0 Å². The van der Waals surface area contributed by atoms with Gasteiger partial charge in [0.05, 0.1) is 18.1 Å². The van der Waals surface area contributed by atoms with Crippen molar-refractivity contribution in [3.05, 3.63) is 39.9 Å². The van der Waals surface area contributed by atoms with Gasteiger partial charge in [0.25, 0.3) is 5.69 Å². The lowest BCUT2D eigenvalue weighted by atomic mass is 10.0. The predicted octanol–water partition coefficient (Wildman–Crippen LogP) is 2.77. The molecule has 2 aliphatic rings. The zero-order valence-electron chi connectivity index (χ0n) is 11.7. The molecule has 1 heterocycles. The number of ether oxygens (including phenoxy) is 1. The van der Waals surface area contributed by atoms with E-state index in [0.29, 0.717) is 5.41 Å². The van der Waals surface area contributed by atoms with Crippen molar-refractivity contribution in [2.24, 2.45) is 5.41 Å². The molecular formula is C15H20N2O3. The highest BCUT2D eigenvalue weighted by molar-refractivity contribution is 5.35. The van der Waals surface area contributed by atoms with E-state index >= 15 is 0 Å². The number of nitrogens with zero attached hydrogens (tertiary/aromatic N) is 2. The summed E-state index contributed by atoms with van der Waals surface area (Å²) in [6.07, 6.45) is 2.48. The van der Waals surface area contributed by atoms with Crippen LogP contribution in [0.3, 0.4) is 0 Å². The number of rotatable bonds is 3. The van der Waals surface area contributed by atoms with E-state index in [0.717, 1.165) is 31.9 Å². The number of non-ortho nitro benzene ring substituents is 1. The Kier molecular flexibility index (Phi) is 3.48. The highest BCUT2D eigenvalue weighted by atomic mass is 16.6. The molecule has 1 aliphatic carbocycles. The molecule has 1 aliphatic heterocycles.